The van der Waals surface area contributed by atoms with Crippen LogP contribution in [0.25, 0.3) is 22.0 Å². The number of aromatic hydroxyl groups is 7. The quantitative estimate of drug-likeness (QED) is 0.0578. The Balaban J connectivity index is 1.00. The second-order valence-electron chi connectivity index (χ2n) is 22.3. The van der Waals surface area contributed by atoms with Gasteiger partial charge in [0.15, 0.2) is 40.5 Å². The summed E-state index contributed by atoms with van der Waals surface area (Å²) in [5.74, 6) is -11.2. The van der Waals surface area contributed by atoms with Crippen molar-refractivity contribution in [2.24, 2.45) is 0 Å². The van der Waals surface area contributed by atoms with Gasteiger partial charge in [-0.2, -0.15) is 0 Å². The number of carboxylic acids is 1. The maximum absolute atomic E-state index is 15.8. The number of ether oxygens (including phenoxy) is 2. The van der Waals surface area contributed by atoms with Crippen LogP contribution in [0.4, 0.5) is 5.69 Å². The van der Waals surface area contributed by atoms with Crippen molar-refractivity contribution in [2.45, 2.75) is 55.1 Å². The lowest BCUT2D eigenvalue weighted by Gasteiger charge is -2.33. The fraction of sp³-hybridized carbons (Fsp3) is 0.149. The number of hydrogen-bond donors (Lipinski definition) is 15. The summed E-state index contributed by atoms with van der Waals surface area (Å²) in [5.41, 5.74) is 1.82. The number of aromatic amines is 1. The number of aliphatic carboxylic acids is 1. The number of aromatic nitrogens is 1. The van der Waals surface area contributed by atoms with Gasteiger partial charge in [0.1, 0.15) is 59.2 Å². The Morgan fingerprint density at radius 3 is 1.84 bits per heavy atom. The third kappa shape index (κ3) is 11.9. The average molecular weight is 1250 g/mol. The van der Waals surface area contributed by atoms with Crippen LogP contribution < -0.4 is 41.4 Å². The minimum Gasteiger partial charge on any atom is -0.508 e. The monoisotopic (exact) mass is 1240 g/mol. The van der Waals surface area contributed by atoms with E-state index >= 15 is 19.2 Å². The predicted octanol–water partition coefficient (Wildman–Crippen LogP) is 6.76. The Morgan fingerprint density at radius 2 is 1.14 bits per heavy atom. The highest BCUT2D eigenvalue weighted by molar-refractivity contribution is 6.00. The SMILES string of the molecule is CN1C(=O)[C@@H]2NC(=O)[C@@H]3NC(=O)[C@@H](c4ccc(O)cc4)NC(=O)[C@H](NC(=O)C(Nc4ccc(O)c(O)c4O)c4ccc(O)cc4)Cc4c[nH]c5cc(ccc45)-c4cc3cc(c4O)Oc3ccc(cc3)C[C@H]1C(=O)N[C@@H](C(=O)O)c1ccc(O)c(c1)Oc1ccc2cc1. The van der Waals surface area contributed by atoms with Crippen LogP contribution in [0, 0.1) is 0 Å². The van der Waals surface area contributed by atoms with E-state index in [9.17, 15) is 55.2 Å². The van der Waals surface area contributed by atoms with Crippen LogP contribution in [-0.4, -0.2) is 111 Å². The van der Waals surface area contributed by atoms with E-state index in [0.717, 1.165) is 11.0 Å². The molecule has 1 aromatic heterocycles. The lowest BCUT2D eigenvalue weighted by molar-refractivity contribution is -0.145. The van der Waals surface area contributed by atoms with Gasteiger partial charge in [0.05, 0.1) is 5.69 Å². The van der Waals surface area contributed by atoms with Crippen LogP contribution in [0.2, 0.25) is 0 Å². The molecule has 0 spiro atoms. The number of benzene rings is 8. The molecule has 15 bridgehead atoms. The number of anilines is 1. The Morgan fingerprint density at radius 1 is 0.554 bits per heavy atom. The van der Waals surface area contributed by atoms with Crippen LogP contribution in [0.5, 0.6) is 63.2 Å². The maximum Gasteiger partial charge on any atom is 0.330 e. The molecular weight excluding hydrogens is 1190 g/mol. The van der Waals surface area contributed by atoms with E-state index in [0.29, 0.717) is 27.6 Å². The van der Waals surface area contributed by atoms with Crippen LogP contribution in [0.3, 0.4) is 0 Å². The van der Waals surface area contributed by atoms with Gasteiger partial charge in [-0.3, -0.25) is 28.8 Å². The van der Waals surface area contributed by atoms with Crippen LogP contribution in [0.1, 0.15) is 69.2 Å². The van der Waals surface area contributed by atoms with Gasteiger partial charge < -0.3 is 92.1 Å². The zero-order valence-corrected chi connectivity index (χ0v) is 48.2. The summed E-state index contributed by atoms with van der Waals surface area (Å²) >= 11 is 0. The number of fused-ring (bicyclic) bond motifs is 14. The number of carbonyl (C=O) groups excluding carboxylic acids is 6. The van der Waals surface area contributed by atoms with E-state index in [2.05, 4.69) is 36.9 Å². The first kappa shape index (κ1) is 59.9. The van der Waals surface area contributed by atoms with Crippen molar-refractivity contribution < 1.29 is 83.9 Å². The molecule has 6 amide bonds. The third-order valence-electron chi connectivity index (χ3n) is 16.3. The standard InChI is InChI=1S/C67H56N8O17/c1-75-48-24-31-2-16-41(17-3-31)92-52-29-37-25-44(58(52)80)35-10-20-43-38(30-68-46(43)26-35)27-47(70-63(85)53(32-4-12-39(76)13-5-32)69-45-21-23-50(79)60(82)59(45)81)61(83)71-54(33-6-14-40(77)15-7-33)64(86)72-55(37)65(87)73-56(66(75)88)34-8-18-42(19-9-34)91-51-28-36(11-22-49(51)78)57(67(89)90)74-62(48)84/h2-23,25-26,28-30,47-48,53-57,68-69,76-82H,24,27H2,1H3,(H,70,85)(H,71,83)(H,72,86)(H,73,87)(H,74,84)(H,89,90)/t47-,48+,53?,54-,55-,56-,57-/m1/s1. The van der Waals surface area contributed by atoms with Crippen LogP contribution in [-0.2, 0) is 46.4 Å². The van der Waals surface area contributed by atoms with Crippen molar-refractivity contribution in [1.82, 2.24) is 36.5 Å². The van der Waals surface area contributed by atoms with Crippen molar-refractivity contribution in [3.8, 4) is 74.4 Å². The molecule has 25 nitrogen and oxygen atoms in total. The summed E-state index contributed by atoms with van der Waals surface area (Å²) in [6, 6.07) is 24.3. The number of carbonyl (C=O) groups is 7. The molecule has 8 aromatic carbocycles. The zero-order chi connectivity index (χ0) is 64.8. The van der Waals surface area contributed by atoms with Crippen molar-refractivity contribution in [3.05, 3.63) is 203 Å². The lowest BCUT2D eigenvalue weighted by atomic mass is 9.94. The van der Waals surface area contributed by atoms with Gasteiger partial charge >= 0.3 is 5.97 Å². The van der Waals surface area contributed by atoms with E-state index in [1.807, 2.05) is 0 Å². The molecule has 0 saturated heterocycles. The minimum atomic E-state index is -1.92. The van der Waals surface area contributed by atoms with Gasteiger partial charge in [-0.25, -0.2) is 4.79 Å². The van der Waals surface area contributed by atoms with Crippen LogP contribution in [0.15, 0.2) is 164 Å². The minimum absolute atomic E-state index is 0.00391. The maximum atomic E-state index is 15.8. The van der Waals surface area contributed by atoms with Gasteiger partial charge in [0.2, 0.25) is 41.2 Å². The molecule has 7 atom stereocenters. The van der Waals surface area contributed by atoms with E-state index in [4.69, 9.17) is 9.47 Å². The molecule has 92 heavy (non-hydrogen) atoms. The molecule has 6 aliphatic rings. The molecule has 0 fully saturated rings. The van der Waals surface area contributed by atoms with E-state index < -0.39 is 107 Å². The smallest absolute Gasteiger partial charge is 0.330 e. The van der Waals surface area contributed by atoms with Crippen molar-refractivity contribution in [2.75, 3.05) is 12.4 Å². The summed E-state index contributed by atoms with van der Waals surface area (Å²) < 4.78 is 12.4. The van der Waals surface area contributed by atoms with Gasteiger partial charge in [-0.05, 0) is 136 Å². The number of phenolic OH excluding ortho intramolecular Hbond substituents is 7. The first-order chi connectivity index (χ1) is 44.1. The number of amides is 6. The van der Waals surface area contributed by atoms with Gasteiger partial charge in [-0.1, -0.05) is 66.7 Å². The third-order valence-corrected chi connectivity index (χ3v) is 16.3. The molecule has 1 unspecified atom stereocenters. The average Bonchev–Trinajstić information content (AvgIpc) is 1.30. The fourth-order valence-electron chi connectivity index (χ4n) is 11.3. The molecule has 7 heterocycles. The molecule has 466 valence electrons. The molecule has 0 aliphatic carbocycles. The summed E-state index contributed by atoms with van der Waals surface area (Å²) in [6.45, 7) is 0. The normalized spacial score (nSPS) is 19.4. The summed E-state index contributed by atoms with van der Waals surface area (Å²) in [7, 11) is 1.30. The summed E-state index contributed by atoms with van der Waals surface area (Å²) in [6.07, 6.45) is 1.07. The Bertz CT molecular complexity index is 4440. The molecule has 6 aliphatic heterocycles. The highest BCUT2D eigenvalue weighted by Gasteiger charge is 2.40. The van der Waals surface area contributed by atoms with E-state index in [1.165, 1.54) is 128 Å². The Hall–Kier alpha value is -12.4. The number of rotatable bonds is 7. The largest absolute Gasteiger partial charge is 0.508 e. The van der Waals surface area contributed by atoms with Crippen molar-refractivity contribution >= 4 is 58.0 Å². The number of likely N-dealkylation sites (N-methyl/N-ethyl adjacent to an activating group) is 1. The number of carboxylic acid groups (broad SMARTS) is 1. The number of hydrogen-bond acceptors (Lipinski definition) is 17. The summed E-state index contributed by atoms with van der Waals surface area (Å²) in [4.78, 5) is 109. The number of H-pyrrole nitrogens is 1. The van der Waals surface area contributed by atoms with Crippen LogP contribution >= 0.6 is 0 Å². The van der Waals surface area contributed by atoms with Gasteiger partial charge in [0.25, 0.3) is 0 Å². The van der Waals surface area contributed by atoms with Crippen molar-refractivity contribution in [3.63, 3.8) is 0 Å². The summed E-state index contributed by atoms with van der Waals surface area (Å²) in [5, 5.41) is 103. The molecule has 15 rings (SSSR count). The first-order valence-corrected chi connectivity index (χ1v) is 28.6. The first-order valence-electron chi connectivity index (χ1n) is 28.6. The zero-order valence-electron chi connectivity index (χ0n) is 48.2. The van der Waals surface area contributed by atoms with E-state index in [1.54, 1.807) is 36.5 Å². The second kappa shape index (κ2) is 24.3. The van der Waals surface area contributed by atoms with Gasteiger partial charge in [-0.15, -0.1) is 0 Å². The highest BCUT2D eigenvalue weighted by atomic mass is 16.5. The lowest BCUT2D eigenvalue weighted by Crippen LogP contribution is -2.55. The number of phenols is 7. The van der Waals surface area contributed by atoms with Crippen molar-refractivity contribution in [1.29, 1.82) is 0 Å². The fourth-order valence-corrected chi connectivity index (χ4v) is 11.3. The topological polar surface area (TPSA) is 391 Å². The number of nitrogens with one attached hydrogen (secondary N) is 7. The molecule has 15 N–H and O–H groups in total. The Kier molecular flexibility index (Phi) is 15.8. The Labute approximate surface area is 521 Å². The highest BCUT2D eigenvalue weighted by Crippen LogP contribution is 2.45. The molecule has 0 radical (unpaired) electrons. The predicted molar refractivity (Wildman–Crippen MR) is 328 cm³/mol. The molecular formula is C67H56N8O17. The number of nitrogens with zero attached hydrogens (tertiary/aromatic N) is 1. The molecule has 25 heteroatoms. The second-order valence-corrected chi connectivity index (χ2v) is 22.3. The molecule has 0 saturated carbocycles. The van der Waals surface area contributed by atoms with Gasteiger partial charge in [0, 0.05) is 42.6 Å². The molecule has 9 aromatic rings. The van der Waals surface area contributed by atoms with E-state index in [-0.39, 0.29) is 92.2 Å².